The highest BCUT2D eigenvalue weighted by Gasteiger charge is 2.74. The van der Waals surface area contributed by atoms with Gasteiger partial charge < -0.3 is 168 Å². The summed E-state index contributed by atoms with van der Waals surface area (Å²) in [5, 5.41) is 213. The zero-order chi connectivity index (χ0) is 84.7. The zero-order valence-corrected chi connectivity index (χ0v) is 66.9. The van der Waals surface area contributed by atoms with E-state index in [-0.39, 0.29) is 31.6 Å². The van der Waals surface area contributed by atoms with Crippen LogP contribution in [0.3, 0.4) is 0 Å². The van der Waals surface area contributed by atoms with Gasteiger partial charge in [-0.1, -0.05) is 53.2 Å². The summed E-state index contributed by atoms with van der Waals surface area (Å²) >= 11 is 0. The first-order chi connectivity index (χ1) is 53.8. The number of aliphatic hydroxyl groups is 19. The van der Waals surface area contributed by atoms with E-state index in [4.69, 9.17) is 71.1 Å². The second-order valence-corrected chi connectivity index (χ2v) is 36.0. The Balaban J connectivity index is 0.837. The van der Waals surface area contributed by atoms with Crippen LogP contribution in [0.15, 0.2) is 11.6 Å². The van der Waals surface area contributed by atoms with Crippen molar-refractivity contribution >= 4 is 23.9 Å². The number of ether oxygens (including phenoxy) is 15. The molecule has 10 fully saturated rings. The molecule has 11 rings (SSSR count). The largest absolute Gasteiger partial charge is 0.462 e. The maximum absolute atomic E-state index is 16.1. The summed E-state index contributed by atoms with van der Waals surface area (Å²) in [5.74, 6) is -5.13. The van der Waals surface area contributed by atoms with E-state index in [1.54, 1.807) is 6.92 Å². The molecule has 0 aromatic rings. The number of esters is 4. The lowest BCUT2D eigenvalue weighted by molar-refractivity contribution is -0.380. The van der Waals surface area contributed by atoms with Crippen LogP contribution in [-0.2, 0) is 90.2 Å². The third-order valence-corrected chi connectivity index (χ3v) is 27.5. The lowest BCUT2D eigenvalue weighted by Crippen LogP contribution is -2.71. The molecule has 115 heavy (non-hydrogen) atoms. The normalized spacial score (nSPS) is 50.0. The molecule has 0 aromatic carbocycles. The van der Waals surface area contributed by atoms with Crippen molar-refractivity contribution in [1.82, 2.24) is 0 Å². The Morgan fingerprint density at radius 2 is 1.00 bits per heavy atom. The van der Waals surface area contributed by atoms with Gasteiger partial charge in [0.15, 0.2) is 43.7 Å². The van der Waals surface area contributed by atoms with Crippen LogP contribution in [0.1, 0.15) is 154 Å². The minimum Gasteiger partial charge on any atom is -0.462 e. The summed E-state index contributed by atoms with van der Waals surface area (Å²) in [6, 6.07) is 0. The van der Waals surface area contributed by atoms with Crippen molar-refractivity contribution in [2.45, 2.75) is 368 Å². The van der Waals surface area contributed by atoms with Crippen molar-refractivity contribution in [3.8, 4) is 0 Å². The highest BCUT2D eigenvalue weighted by atomic mass is 16.8. The van der Waals surface area contributed by atoms with Gasteiger partial charge >= 0.3 is 23.9 Å². The number of carbonyl (C=O) groups is 4. The minimum absolute atomic E-state index is 0.0111. The molecule has 0 amide bonds. The molecular formula is C77H124O38. The van der Waals surface area contributed by atoms with Crippen LogP contribution in [0.25, 0.3) is 0 Å². The lowest BCUT2D eigenvalue weighted by Gasteiger charge is -2.72. The minimum atomic E-state index is -2.15. The lowest BCUT2D eigenvalue weighted by atomic mass is 9.33. The van der Waals surface area contributed by atoms with Gasteiger partial charge in [-0.2, -0.15) is 0 Å². The van der Waals surface area contributed by atoms with Gasteiger partial charge in [0.1, 0.15) is 127 Å². The Bertz CT molecular complexity index is 3350. The average molecular weight is 1660 g/mol. The predicted octanol–water partition coefficient (Wildman–Crippen LogP) is -4.79. The molecule has 38 heteroatoms. The summed E-state index contributed by atoms with van der Waals surface area (Å²) in [6.07, 6.45) is -55.1. The Labute approximate surface area is 665 Å². The van der Waals surface area contributed by atoms with Gasteiger partial charge in [-0.15, -0.1) is 0 Å². The summed E-state index contributed by atoms with van der Waals surface area (Å²) in [5.41, 5.74) is -5.10. The highest BCUT2D eigenvalue weighted by molar-refractivity contribution is 5.80. The Morgan fingerprint density at radius 1 is 0.478 bits per heavy atom. The first kappa shape index (κ1) is 92.1. The van der Waals surface area contributed by atoms with E-state index in [0.29, 0.717) is 32.1 Å². The third-order valence-electron chi connectivity index (χ3n) is 27.5. The van der Waals surface area contributed by atoms with Gasteiger partial charge in [0.05, 0.1) is 88.4 Å². The van der Waals surface area contributed by atoms with Crippen LogP contribution in [0.5, 0.6) is 0 Å². The summed E-state index contributed by atoms with van der Waals surface area (Å²) in [6.45, 7) is 17.7. The standard InChI is InChI=1S/C77H124O38/c1-29(81)19-44(85)102-30(2)20-45(86)103-31(3)21-46(87)109-60-34(6)106-70(63(56(60)97)113-67-55(96)52(93)59(33(5)105-67)110-65-57(98)61(38(83)27-101-65)111-66-53(94)50(91)47(88)32(4)104-66)115-71(100)77-18-17-72(7,8)22-36(77)35-13-14-42-73(9)23-37(82)64(74(10,28-80)41(73)15-16-75(42,11)76(35,12)24-43(77)84)114-69-58(99)62(49(90)40(26-79)108-69)112-68-54(95)51(92)48(89)39(25-78)107-68/h13,29-34,36-43,47-70,78-84,88-99H,14-28H2,1-12H3/t29?,30?,31?,32-,33-,34+,36-,37-,38+,39+,40+,41?,42+,43+,47-,48+,49+,50+,51-,52-,53+,54+,55+,56-,57+,58+,59-,60-,61-,62-,63+,64-,65-,66-,67-,68-,69-,70-,73-,74-,75+,76+,77+/m0/s1. The van der Waals surface area contributed by atoms with E-state index >= 15 is 4.79 Å². The van der Waals surface area contributed by atoms with Gasteiger partial charge in [0.25, 0.3) is 0 Å². The van der Waals surface area contributed by atoms with Gasteiger partial charge in [-0.3, -0.25) is 19.2 Å². The third kappa shape index (κ3) is 17.5. The van der Waals surface area contributed by atoms with Crippen LogP contribution in [0.4, 0.5) is 0 Å². The molecule has 38 nitrogen and oxygen atoms in total. The second-order valence-electron chi connectivity index (χ2n) is 36.0. The molecule has 6 saturated heterocycles. The molecule has 0 radical (unpaired) electrons. The maximum Gasteiger partial charge on any atom is 0.317 e. The summed E-state index contributed by atoms with van der Waals surface area (Å²) in [4.78, 5) is 55.2. The fourth-order valence-corrected chi connectivity index (χ4v) is 21.0. The molecule has 0 spiro atoms. The molecule has 0 aromatic heterocycles. The van der Waals surface area contributed by atoms with E-state index in [0.717, 1.165) is 5.57 Å². The quantitative estimate of drug-likeness (QED) is 0.0187. The second kappa shape index (κ2) is 35.7. The molecule has 6 heterocycles. The Kier molecular flexibility index (Phi) is 28.6. The molecule has 43 atom stereocenters. The van der Waals surface area contributed by atoms with E-state index in [9.17, 15) is 111 Å². The van der Waals surface area contributed by atoms with Crippen LogP contribution in [0, 0.1) is 50.2 Å². The number of hydrogen-bond acceptors (Lipinski definition) is 38. The van der Waals surface area contributed by atoms with E-state index in [2.05, 4.69) is 40.7 Å². The van der Waals surface area contributed by atoms with Crippen molar-refractivity contribution in [1.29, 1.82) is 0 Å². The van der Waals surface area contributed by atoms with E-state index < -0.39 is 322 Å². The van der Waals surface area contributed by atoms with Crippen molar-refractivity contribution < 1.29 is 187 Å². The zero-order valence-electron chi connectivity index (χ0n) is 66.9. The molecule has 0 bridgehead atoms. The van der Waals surface area contributed by atoms with Gasteiger partial charge in [0.2, 0.25) is 6.29 Å². The Hall–Kier alpha value is -3.58. The van der Waals surface area contributed by atoms with Gasteiger partial charge in [-0.25, -0.2) is 0 Å². The molecule has 4 saturated carbocycles. The van der Waals surface area contributed by atoms with E-state index in [1.807, 2.05) is 0 Å². The fourth-order valence-electron chi connectivity index (χ4n) is 21.0. The smallest absolute Gasteiger partial charge is 0.317 e. The van der Waals surface area contributed by atoms with Crippen LogP contribution < -0.4 is 0 Å². The monoisotopic (exact) mass is 1660 g/mol. The Morgan fingerprint density at radius 3 is 1.62 bits per heavy atom. The van der Waals surface area contributed by atoms with Gasteiger partial charge in [-0.05, 0) is 132 Å². The first-order valence-corrected chi connectivity index (χ1v) is 40.1. The highest BCUT2D eigenvalue weighted by Crippen LogP contribution is 2.76. The predicted molar refractivity (Wildman–Crippen MR) is 383 cm³/mol. The topological polar surface area (TPSA) is 591 Å². The van der Waals surface area contributed by atoms with Gasteiger partial charge in [0, 0.05) is 5.41 Å². The van der Waals surface area contributed by atoms with E-state index in [1.165, 1.54) is 41.5 Å². The van der Waals surface area contributed by atoms with Crippen LogP contribution >= 0.6 is 0 Å². The van der Waals surface area contributed by atoms with Crippen molar-refractivity contribution in [2.24, 2.45) is 50.2 Å². The average Bonchev–Trinajstić information content (AvgIpc) is 0.667. The SMILES string of the molecule is CC(O)CC(=O)OC(C)CC(=O)OC(C)CC(=O)O[C@@H]1[C@H](O)[C@@H](O[C@@H]2O[C@@H](C)[C@H](O[C@@H]3OC[C@@H](O)[C@H](O[C@@H]4O[C@@H](C)[C@H](O)[C@@H](O)[C@H]4O)[C@H]3O)[C@@H](O)[C@H]2O)[C@H](OC(=O)[C@]23CCC(C)(C)C[C@H]2C2=CC[C@@H]4[C@@]5(C)C[C@H](O)[C@H](O[C@@H]6O[C@H](CO)[C@@H](O)[C@H](O[C@@H]7O[C@H](CO)[C@@H](O)[C@H](O)[C@H]7O)[C@H]6O)[C@@](C)(CO)C5CC[C@@]4(C)[C@]2(C)C[C@H]3O)O[C@@H]1C. The number of hydrogen-bond donors (Lipinski definition) is 19. The van der Waals surface area contributed by atoms with Crippen LogP contribution in [0.2, 0.25) is 0 Å². The number of allylic oxidation sites excluding steroid dienone is 2. The summed E-state index contributed by atoms with van der Waals surface area (Å²) < 4.78 is 88.8. The first-order valence-electron chi connectivity index (χ1n) is 40.1. The number of rotatable bonds is 24. The van der Waals surface area contributed by atoms with Crippen molar-refractivity contribution in [3.63, 3.8) is 0 Å². The van der Waals surface area contributed by atoms with Crippen molar-refractivity contribution in [3.05, 3.63) is 11.6 Å². The number of aliphatic hydroxyl groups excluding tert-OH is 19. The summed E-state index contributed by atoms with van der Waals surface area (Å²) in [7, 11) is 0. The number of fused-ring (bicyclic) bond motifs is 7. The fraction of sp³-hybridized carbons (Fsp3) is 0.922. The molecule has 11 aliphatic rings. The van der Waals surface area contributed by atoms with Crippen molar-refractivity contribution in [2.75, 3.05) is 26.4 Å². The van der Waals surface area contributed by atoms with Crippen LogP contribution in [-0.4, -0.2) is 362 Å². The molecular weight excluding hydrogens is 1530 g/mol. The molecule has 19 N–H and O–H groups in total. The molecule has 6 aliphatic heterocycles. The number of carbonyl (C=O) groups excluding carboxylic acids is 4. The maximum atomic E-state index is 16.1. The molecule has 5 aliphatic carbocycles. The molecule has 4 unspecified atom stereocenters. The molecule has 660 valence electrons.